The summed E-state index contributed by atoms with van der Waals surface area (Å²) in [6, 6.07) is 6.56. The van der Waals surface area contributed by atoms with Gasteiger partial charge in [-0.2, -0.15) is 0 Å². The van der Waals surface area contributed by atoms with Crippen LogP contribution in [0.2, 0.25) is 0 Å². The second-order valence-electron chi connectivity index (χ2n) is 2.74. The van der Waals surface area contributed by atoms with Gasteiger partial charge >= 0.3 is 0 Å². The minimum Gasteiger partial charge on any atom is -0.0818 e. The Hall–Kier alpha value is 0.230. The molecule has 0 aliphatic rings. The predicted octanol–water partition coefficient (Wildman–Crippen LogP) is 4.58. The van der Waals surface area contributed by atoms with Crippen molar-refractivity contribution in [1.29, 1.82) is 0 Å². The molecule has 0 radical (unpaired) electrons. The Morgan fingerprint density at radius 1 is 0.833 bits per heavy atom. The molecule has 0 fully saturated rings. The van der Waals surface area contributed by atoms with Gasteiger partial charge in [-0.3, -0.25) is 0 Å². The lowest BCUT2D eigenvalue weighted by Crippen LogP contribution is -1.78. The molecule has 0 amide bonds. The van der Waals surface area contributed by atoms with Crippen molar-refractivity contribution >= 4 is 29.8 Å². The minimum absolute atomic E-state index is 0.0278. The number of rotatable bonds is 0. The average molecular weight is 223 g/mol. The number of benzene rings is 1. The number of hydrogen-bond donors (Lipinski definition) is 0. The molecule has 0 unspecified atom stereocenters. The van der Waals surface area contributed by atoms with E-state index < -0.39 is 0 Å². The van der Waals surface area contributed by atoms with Crippen LogP contribution < -0.4 is 0 Å². The highest BCUT2D eigenvalue weighted by molar-refractivity contribution is 7.90. The Kier molecular flexibility index (Phi) is 6.84. The predicted molar refractivity (Wildman–Crippen MR) is 60.7 cm³/mol. The SMILES string of the molecule is Cc1cc(C)cc(C)c1.ClPCl. The van der Waals surface area contributed by atoms with Crippen LogP contribution in [0.25, 0.3) is 0 Å². The lowest BCUT2D eigenvalue weighted by atomic mass is 10.1. The van der Waals surface area contributed by atoms with Crippen LogP contribution in [-0.2, 0) is 0 Å². The molecule has 0 atom stereocenters. The Labute approximate surface area is 85.6 Å². The van der Waals surface area contributed by atoms with Crippen LogP contribution in [0.4, 0.5) is 0 Å². The third-order valence-corrected chi connectivity index (χ3v) is 1.37. The summed E-state index contributed by atoms with van der Waals surface area (Å²) >= 11 is 9.58. The summed E-state index contributed by atoms with van der Waals surface area (Å²) < 4.78 is 0. The average Bonchev–Trinajstić information content (AvgIpc) is 1.84. The van der Waals surface area contributed by atoms with Crippen molar-refractivity contribution in [3.8, 4) is 0 Å². The van der Waals surface area contributed by atoms with Gasteiger partial charge < -0.3 is 0 Å². The van der Waals surface area contributed by atoms with Crippen molar-refractivity contribution < 1.29 is 0 Å². The van der Waals surface area contributed by atoms with Crippen molar-refractivity contribution in [2.24, 2.45) is 0 Å². The molecule has 0 N–H and O–H groups in total. The highest BCUT2D eigenvalue weighted by Gasteiger charge is 1.87. The molecule has 0 nitrogen and oxygen atoms in total. The Morgan fingerprint density at radius 2 is 1.00 bits per heavy atom. The molecule has 0 aromatic heterocycles. The molecule has 0 aliphatic heterocycles. The van der Waals surface area contributed by atoms with E-state index in [9.17, 15) is 0 Å². The zero-order valence-corrected chi connectivity index (χ0v) is 10.00. The molecule has 0 spiro atoms. The van der Waals surface area contributed by atoms with Crippen LogP contribution in [0.3, 0.4) is 0 Å². The van der Waals surface area contributed by atoms with E-state index in [1.807, 2.05) is 0 Å². The van der Waals surface area contributed by atoms with Gasteiger partial charge in [0.1, 0.15) is 0 Å². The third-order valence-electron chi connectivity index (χ3n) is 1.37. The van der Waals surface area contributed by atoms with Crippen molar-refractivity contribution in [2.45, 2.75) is 20.8 Å². The molecule has 0 aliphatic carbocycles. The van der Waals surface area contributed by atoms with E-state index in [-0.39, 0.29) is 7.29 Å². The first-order valence-electron chi connectivity index (χ1n) is 3.61. The molecule has 68 valence electrons. The Bertz CT molecular complexity index is 185. The first-order chi connectivity index (χ1) is 5.60. The highest BCUT2D eigenvalue weighted by Crippen LogP contribution is 2.19. The number of hydrogen-bond acceptors (Lipinski definition) is 0. The van der Waals surface area contributed by atoms with Gasteiger partial charge in [-0.15, -0.1) is 0 Å². The monoisotopic (exact) mass is 222 g/mol. The standard InChI is InChI=1S/C9H12.Cl2HP/c1-7-4-8(2)6-9(3)5-7;1-3-2/h4-6H,1-3H3;3H. The number of halogens is 2. The Balaban J connectivity index is 0.000000354. The molecule has 1 aromatic rings. The van der Waals surface area contributed by atoms with Crippen LogP contribution >= 0.6 is 29.8 Å². The van der Waals surface area contributed by atoms with Gasteiger partial charge in [0, 0.05) is 0 Å². The maximum Gasteiger partial charge on any atom is 0.0713 e. The zero-order valence-electron chi connectivity index (χ0n) is 7.49. The molecule has 0 saturated heterocycles. The van der Waals surface area contributed by atoms with E-state index in [1.165, 1.54) is 16.7 Å². The molecular formula is C9H13Cl2P. The first kappa shape index (κ1) is 12.2. The highest BCUT2D eigenvalue weighted by atomic mass is 35.9. The largest absolute Gasteiger partial charge is 0.0818 e. The number of aryl methyl sites for hydroxylation is 3. The van der Waals surface area contributed by atoms with E-state index in [1.54, 1.807) is 0 Å². The van der Waals surface area contributed by atoms with Gasteiger partial charge in [0.25, 0.3) is 0 Å². The summed E-state index contributed by atoms with van der Waals surface area (Å²) in [7, 11) is 0.0278. The van der Waals surface area contributed by atoms with Gasteiger partial charge in [0.2, 0.25) is 0 Å². The summed E-state index contributed by atoms with van der Waals surface area (Å²) in [5.74, 6) is 0. The molecule has 1 rings (SSSR count). The molecule has 3 heteroatoms. The lowest BCUT2D eigenvalue weighted by Gasteiger charge is -1.96. The van der Waals surface area contributed by atoms with Crippen LogP contribution in [0.5, 0.6) is 0 Å². The van der Waals surface area contributed by atoms with Crippen molar-refractivity contribution in [2.75, 3.05) is 0 Å². The van der Waals surface area contributed by atoms with Gasteiger partial charge in [0.05, 0.1) is 7.29 Å². The summed E-state index contributed by atoms with van der Waals surface area (Å²) in [4.78, 5) is 0. The topological polar surface area (TPSA) is 0 Å². The second kappa shape index (κ2) is 6.71. The molecule has 1 aromatic carbocycles. The first-order valence-corrected chi connectivity index (χ1v) is 6.63. The summed E-state index contributed by atoms with van der Waals surface area (Å²) in [6.45, 7) is 6.38. The van der Waals surface area contributed by atoms with Crippen LogP contribution in [0.1, 0.15) is 16.7 Å². The van der Waals surface area contributed by atoms with E-state index in [0.29, 0.717) is 0 Å². The van der Waals surface area contributed by atoms with Crippen molar-refractivity contribution in [1.82, 2.24) is 0 Å². The smallest absolute Gasteiger partial charge is 0.0713 e. The zero-order chi connectivity index (χ0) is 9.56. The lowest BCUT2D eigenvalue weighted by molar-refractivity contribution is 1.32. The van der Waals surface area contributed by atoms with E-state index in [2.05, 4.69) is 39.0 Å². The summed E-state index contributed by atoms with van der Waals surface area (Å²) in [5, 5.41) is 0. The van der Waals surface area contributed by atoms with Crippen LogP contribution in [-0.4, -0.2) is 0 Å². The molecule has 12 heavy (non-hydrogen) atoms. The minimum atomic E-state index is 0.0278. The van der Waals surface area contributed by atoms with E-state index in [4.69, 9.17) is 22.5 Å². The van der Waals surface area contributed by atoms with E-state index >= 15 is 0 Å². The van der Waals surface area contributed by atoms with Crippen molar-refractivity contribution in [3.05, 3.63) is 34.9 Å². The third kappa shape index (κ3) is 5.83. The fraction of sp³-hybridized carbons (Fsp3) is 0.333. The summed E-state index contributed by atoms with van der Waals surface area (Å²) in [5.41, 5.74) is 4.06. The maximum absolute atomic E-state index is 4.79. The maximum atomic E-state index is 4.79. The van der Waals surface area contributed by atoms with E-state index in [0.717, 1.165) is 0 Å². The second-order valence-corrected chi connectivity index (χ2v) is 4.59. The molecule has 0 bridgehead atoms. The molecule has 0 saturated carbocycles. The molecular weight excluding hydrogens is 210 g/mol. The summed E-state index contributed by atoms with van der Waals surface area (Å²) in [6.07, 6.45) is 0. The Morgan fingerprint density at radius 3 is 1.17 bits per heavy atom. The van der Waals surface area contributed by atoms with Gasteiger partial charge in [0.15, 0.2) is 0 Å². The van der Waals surface area contributed by atoms with Gasteiger partial charge in [-0.05, 0) is 20.8 Å². The van der Waals surface area contributed by atoms with Gasteiger partial charge in [-0.1, -0.05) is 57.4 Å². The molecule has 0 heterocycles. The normalized spacial score (nSPS) is 8.75. The van der Waals surface area contributed by atoms with Gasteiger partial charge in [-0.25, -0.2) is 0 Å². The van der Waals surface area contributed by atoms with Crippen LogP contribution in [0, 0.1) is 20.8 Å². The fourth-order valence-corrected chi connectivity index (χ4v) is 1.20. The van der Waals surface area contributed by atoms with Crippen molar-refractivity contribution in [3.63, 3.8) is 0 Å². The quantitative estimate of drug-likeness (QED) is 0.564. The van der Waals surface area contributed by atoms with Crippen LogP contribution in [0.15, 0.2) is 18.2 Å². The fourth-order valence-electron chi connectivity index (χ4n) is 1.20.